The number of carbonyl (C=O) groups is 1. The van der Waals surface area contributed by atoms with E-state index < -0.39 is 5.97 Å². The molecule has 0 bridgehead atoms. The molecular formula is C15H16N2O2. The summed E-state index contributed by atoms with van der Waals surface area (Å²) in [4.78, 5) is 18.5. The summed E-state index contributed by atoms with van der Waals surface area (Å²) in [5.74, 6) is -0.854. The van der Waals surface area contributed by atoms with Crippen LogP contribution in [0.3, 0.4) is 0 Å². The van der Waals surface area contributed by atoms with E-state index in [0.29, 0.717) is 12.1 Å². The number of rotatable bonds is 2. The third-order valence-corrected chi connectivity index (χ3v) is 3.79. The van der Waals surface area contributed by atoms with Gasteiger partial charge in [-0.1, -0.05) is 25.1 Å². The van der Waals surface area contributed by atoms with Crippen LogP contribution in [-0.4, -0.2) is 34.0 Å². The molecule has 1 aliphatic rings. The SMILES string of the molecule is CCN1CCc2nc3ccccc3c(C(=O)O)c2C1. The van der Waals surface area contributed by atoms with Crippen LogP contribution < -0.4 is 0 Å². The normalized spacial score (nSPS) is 15.4. The number of aromatic nitrogens is 1. The Labute approximate surface area is 111 Å². The van der Waals surface area contributed by atoms with Gasteiger partial charge in [0.25, 0.3) is 0 Å². The number of carboxylic acid groups (broad SMARTS) is 1. The van der Waals surface area contributed by atoms with E-state index in [4.69, 9.17) is 0 Å². The number of carboxylic acids is 1. The standard InChI is InChI=1S/C15H16N2O2/c1-2-17-8-7-13-11(9-17)14(15(18)19)10-5-3-4-6-12(10)16-13/h3-6H,2,7-9H2,1H3,(H,18,19). The van der Waals surface area contributed by atoms with E-state index in [0.717, 1.165) is 41.7 Å². The Morgan fingerprint density at radius 1 is 1.42 bits per heavy atom. The molecule has 1 aromatic carbocycles. The second-order valence-corrected chi connectivity index (χ2v) is 4.85. The zero-order chi connectivity index (χ0) is 13.4. The molecule has 1 aromatic heterocycles. The summed E-state index contributed by atoms with van der Waals surface area (Å²) in [6, 6.07) is 7.49. The fourth-order valence-electron chi connectivity index (χ4n) is 2.76. The molecule has 0 atom stereocenters. The molecule has 98 valence electrons. The van der Waals surface area contributed by atoms with Gasteiger partial charge in [0.05, 0.1) is 11.1 Å². The van der Waals surface area contributed by atoms with Crippen molar-refractivity contribution in [3.05, 3.63) is 41.1 Å². The number of hydrogen-bond donors (Lipinski definition) is 1. The molecule has 4 nitrogen and oxygen atoms in total. The van der Waals surface area contributed by atoms with Gasteiger partial charge in [0.1, 0.15) is 0 Å². The summed E-state index contributed by atoms with van der Waals surface area (Å²) < 4.78 is 0. The van der Waals surface area contributed by atoms with Crippen LogP contribution in [0, 0.1) is 0 Å². The Kier molecular flexibility index (Phi) is 2.95. The number of hydrogen-bond acceptors (Lipinski definition) is 3. The van der Waals surface area contributed by atoms with Crippen LogP contribution in [-0.2, 0) is 13.0 Å². The molecule has 19 heavy (non-hydrogen) atoms. The summed E-state index contributed by atoms with van der Waals surface area (Å²) in [6.07, 6.45) is 0.828. The van der Waals surface area contributed by atoms with Crippen molar-refractivity contribution in [1.29, 1.82) is 0 Å². The van der Waals surface area contributed by atoms with E-state index in [9.17, 15) is 9.90 Å². The molecule has 1 N–H and O–H groups in total. The largest absolute Gasteiger partial charge is 0.478 e. The number of aromatic carboxylic acids is 1. The van der Waals surface area contributed by atoms with Crippen LogP contribution in [0.15, 0.2) is 24.3 Å². The van der Waals surface area contributed by atoms with Crippen molar-refractivity contribution in [3.63, 3.8) is 0 Å². The molecule has 0 unspecified atom stereocenters. The predicted molar refractivity (Wildman–Crippen MR) is 73.4 cm³/mol. The van der Waals surface area contributed by atoms with Crippen LogP contribution >= 0.6 is 0 Å². The molecule has 4 heteroatoms. The van der Waals surface area contributed by atoms with Gasteiger partial charge >= 0.3 is 5.97 Å². The number of likely N-dealkylation sites (N-methyl/N-ethyl adjacent to an activating group) is 1. The average molecular weight is 256 g/mol. The molecule has 2 heterocycles. The maximum atomic E-state index is 11.6. The van der Waals surface area contributed by atoms with Gasteiger partial charge in [-0.3, -0.25) is 9.88 Å². The molecule has 0 radical (unpaired) electrons. The van der Waals surface area contributed by atoms with Crippen molar-refractivity contribution in [2.24, 2.45) is 0 Å². The van der Waals surface area contributed by atoms with Crippen molar-refractivity contribution in [3.8, 4) is 0 Å². The molecule has 0 fully saturated rings. The molecule has 3 rings (SSSR count). The van der Waals surface area contributed by atoms with Gasteiger partial charge in [-0.2, -0.15) is 0 Å². The quantitative estimate of drug-likeness (QED) is 0.895. The van der Waals surface area contributed by atoms with E-state index in [-0.39, 0.29) is 0 Å². The minimum Gasteiger partial charge on any atom is -0.478 e. The second kappa shape index (κ2) is 4.63. The lowest BCUT2D eigenvalue weighted by molar-refractivity contribution is 0.0695. The van der Waals surface area contributed by atoms with Crippen LogP contribution in [0.25, 0.3) is 10.9 Å². The molecule has 1 aliphatic heterocycles. The van der Waals surface area contributed by atoms with Gasteiger partial charge in [0.15, 0.2) is 0 Å². The minimum absolute atomic E-state index is 0.429. The Balaban J connectivity index is 2.28. The fraction of sp³-hybridized carbons (Fsp3) is 0.333. The molecule has 0 amide bonds. The van der Waals surface area contributed by atoms with Crippen molar-refractivity contribution in [1.82, 2.24) is 9.88 Å². The molecule has 2 aromatic rings. The second-order valence-electron chi connectivity index (χ2n) is 4.85. The van der Waals surface area contributed by atoms with Crippen molar-refractivity contribution in [2.45, 2.75) is 19.9 Å². The number of para-hydroxylation sites is 1. The van der Waals surface area contributed by atoms with Crippen molar-refractivity contribution in [2.75, 3.05) is 13.1 Å². The smallest absolute Gasteiger partial charge is 0.336 e. The van der Waals surface area contributed by atoms with Crippen LogP contribution in [0.1, 0.15) is 28.5 Å². The molecule has 0 spiro atoms. The number of fused-ring (bicyclic) bond motifs is 2. The summed E-state index contributed by atoms with van der Waals surface area (Å²) in [5, 5.41) is 10.3. The van der Waals surface area contributed by atoms with Gasteiger partial charge < -0.3 is 5.11 Å². The highest BCUT2D eigenvalue weighted by atomic mass is 16.4. The number of pyridine rings is 1. The molecule has 0 saturated carbocycles. The van der Waals surface area contributed by atoms with Crippen molar-refractivity contribution >= 4 is 16.9 Å². The monoisotopic (exact) mass is 256 g/mol. The van der Waals surface area contributed by atoms with Gasteiger partial charge in [0.2, 0.25) is 0 Å². The summed E-state index contributed by atoms with van der Waals surface area (Å²) in [7, 11) is 0. The van der Waals surface area contributed by atoms with E-state index >= 15 is 0 Å². The number of benzene rings is 1. The molecule has 0 saturated heterocycles. The van der Waals surface area contributed by atoms with Crippen LogP contribution in [0.5, 0.6) is 0 Å². The third kappa shape index (κ3) is 1.98. The molecule has 0 aliphatic carbocycles. The zero-order valence-electron chi connectivity index (χ0n) is 10.9. The topological polar surface area (TPSA) is 53.4 Å². The van der Waals surface area contributed by atoms with E-state index in [1.807, 2.05) is 24.3 Å². The summed E-state index contributed by atoms with van der Waals surface area (Å²) in [6.45, 7) is 4.67. The minimum atomic E-state index is -0.854. The molecular weight excluding hydrogens is 240 g/mol. The van der Waals surface area contributed by atoms with Gasteiger partial charge in [-0.05, 0) is 12.6 Å². The van der Waals surface area contributed by atoms with Gasteiger partial charge in [0, 0.05) is 36.2 Å². The number of nitrogens with zero attached hydrogens (tertiary/aromatic N) is 2. The first-order chi connectivity index (χ1) is 9.20. The average Bonchev–Trinajstić information content (AvgIpc) is 2.43. The lowest BCUT2D eigenvalue weighted by atomic mass is 9.96. The maximum absolute atomic E-state index is 11.6. The predicted octanol–water partition coefficient (Wildman–Crippen LogP) is 2.31. The van der Waals surface area contributed by atoms with E-state index in [1.54, 1.807) is 0 Å². The highest BCUT2D eigenvalue weighted by Crippen LogP contribution is 2.27. The van der Waals surface area contributed by atoms with E-state index in [1.165, 1.54) is 0 Å². The first-order valence-electron chi connectivity index (χ1n) is 6.57. The lowest BCUT2D eigenvalue weighted by Crippen LogP contribution is -2.32. The lowest BCUT2D eigenvalue weighted by Gasteiger charge is -2.28. The van der Waals surface area contributed by atoms with Crippen LogP contribution in [0.4, 0.5) is 0 Å². The first kappa shape index (κ1) is 12.1. The Morgan fingerprint density at radius 3 is 2.95 bits per heavy atom. The highest BCUT2D eigenvalue weighted by molar-refractivity contribution is 6.04. The Hall–Kier alpha value is -1.94. The Morgan fingerprint density at radius 2 is 2.21 bits per heavy atom. The van der Waals surface area contributed by atoms with E-state index in [2.05, 4.69) is 16.8 Å². The Bertz CT molecular complexity index is 652. The van der Waals surface area contributed by atoms with Gasteiger partial charge in [-0.25, -0.2) is 4.79 Å². The third-order valence-electron chi connectivity index (χ3n) is 3.79. The fourth-order valence-corrected chi connectivity index (χ4v) is 2.76. The van der Waals surface area contributed by atoms with Crippen LogP contribution in [0.2, 0.25) is 0 Å². The highest BCUT2D eigenvalue weighted by Gasteiger charge is 2.24. The first-order valence-corrected chi connectivity index (χ1v) is 6.57. The van der Waals surface area contributed by atoms with Gasteiger partial charge in [-0.15, -0.1) is 0 Å². The zero-order valence-corrected chi connectivity index (χ0v) is 10.9. The van der Waals surface area contributed by atoms with Crippen molar-refractivity contribution < 1.29 is 9.90 Å². The summed E-state index contributed by atoms with van der Waals surface area (Å²) >= 11 is 0. The summed E-state index contributed by atoms with van der Waals surface area (Å²) in [5.41, 5.74) is 3.04. The maximum Gasteiger partial charge on any atom is 0.336 e.